The summed E-state index contributed by atoms with van der Waals surface area (Å²) in [5.74, 6) is 0.0747. The summed E-state index contributed by atoms with van der Waals surface area (Å²) in [5.41, 5.74) is 0.898. The number of allylic oxidation sites excluding steroid dienone is 1. The van der Waals surface area contributed by atoms with E-state index in [4.69, 9.17) is 4.74 Å². The van der Waals surface area contributed by atoms with Gasteiger partial charge in [0.05, 0.1) is 4.90 Å². The molecule has 6 heteroatoms. The van der Waals surface area contributed by atoms with Gasteiger partial charge in [0.25, 0.3) is 0 Å². The van der Waals surface area contributed by atoms with Gasteiger partial charge in [0, 0.05) is 5.56 Å². The lowest BCUT2D eigenvalue weighted by molar-refractivity contribution is 0.300. The van der Waals surface area contributed by atoms with E-state index < -0.39 is 9.84 Å². The Bertz CT molecular complexity index is 1150. The number of sulfone groups is 1. The van der Waals surface area contributed by atoms with E-state index in [2.05, 4.69) is 0 Å². The minimum Gasteiger partial charge on any atom is -0.489 e. The largest absolute Gasteiger partial charge is 0.489 e. The molecule has 0 atom stereocenters. The van der Waals surface area contributed by atoms with Crippen LogP contribution in [0.5, 0.6) is 5.75 Å². The van der Waals surface area contributed by atoms with Gasteiger partial charge in [0.15, 0.2) is 0 Å². The predicted octanol–water partition coefficient (Wildman–Crippen LogP) is 4.74. The fourth-order valence-corrected chi connectivity index (χ4v) is 3.70. The van der Waals surface area contributed by atoms with Crippen molar-refractivity contribution in [3.63, 3.8) is 0 Å². The third kappa shape index (κ3) is 4.45. The van der Waals surface area contributed by atoms with Crippen LogP contribution in [0.4, 0.5) is 4.39 Å². The lowest BCUT2D eigenvalue weighted by Crippen LogP contribution is -2.03. The van der Waals surface area contributed by atoms with E-state index in [1.54, 1.807) is 66.7 Å². The third-order valence-electron chi connectivity index (χ3n) is 3.96. The zero-order valence-corrected chi connectivity index (χ0v) is 15.6. The van der Waals surface area contributed by atoms with Gasteiger partial charge in [-0.1, -0.05) is 48.5 Å². The van der Waals surface area contributed by atoms with Crippen LogP contribution in [-0.4, -0.2) is 8.42 Å². The number of hydrogen-bond donors (Lipinski definition) is 0. The van der Waals surface area contributed by atoms with E-state index in [9.17, 15) is 18.1 Å². The lowest BCUT2D eigenvalue weighted by Gasteiger charge is -2.08. The van der Waals surface area contributed by atoms with Crippen LogP contribution in [-0.2, 0) is 16.4 Å². The highest BCUT2D eigenvalue weighted by Crippen LogP contribution is 2.23. The predicted molar refractivity (Wildman–Crippen MR) is 104 cm³/mol. The highest BCUT2D eigenvalue weighted by atomic mass is 32.2. The molecule has 3 rings (SSSR count). The molecule has 3 aromatic carbocycles. The standard InChI is InChI=1S/C22H16FNO3S/c23-22-12-5-4-8-18(22)16-27-19-9-6-7-17(13-19)14-21(15-24)28(25,26)20-10-2-1-3-11-20/h1-14H,16H2. The zero-order chi connectivity index (χ0) is 20.0. The molecule has 0 heterocycles. The highest BCUT2D eigenvalue weighted by molar-refractivity contribution is 7.95. The van der Waals surface area contributed by atoms with E-state index in [-0.39, 0.29) is 22.2 Å². The van der Waals surface area contributed by atoms with Gasteiger partial charge < -0.3 is 4.74 Å². The average Bonchev–Trinajstić information content (AvgIpc) is 2.72. The maximum atomic E-state index is 13.7. The molecule has 0 aliphatic carbocycles. The zero-order valence-electron chi connectivity index (χ0n) is 14.7. The van der Waals surface area contributed by atoms with Gasteiger partial charge in [-0.2, -0.15) is 5.26 Å². The number of benzene rings is 3. The van der Waals surface area contributed by atoms with Crippen molar-refractivity contribution >= 4 is 15.9 Å². The SMILES string of the molecule is N#CC(=Cc1cccc(OCc2ccccc2F)c1)S(=O)(=O)c1ccccc1. The van der Waals surface area contributed by atoms with Crippen molar-refractivity contribution in [3.05, 3.63) is 101 Å². The van der Waals surface area contributed by atoms with Crippen molar-refractivity contribution in [2.24, 2.45) is 0 Å². The summed E-state index contributed by atoms with van der Waals surface area (Å²) < 4.78 is 44.6. The first kappa shape index (κ1) is 19.3. The molecule has 0 aromatic heterocycles. The van der Waals surface area contributed by atoms with Crippen LogP contribution in [0.1, 0.15) is 11.1 Å². The van der Waals surface area contributed by atoms with E-state index >= 15 is 0 Å². The van der Waals surface area contributed by atoms with Gasteiger partial charge in [-0.25, -0.2) is 12.8 Å². The molecule has 0 saturated carbocycles. The molecule has 28 heavy (non-hydrogen) atoms. The molecule has 0 spiro atoms. The molecule has 0 fully saturated rings. The van der Waals surface area contributed by atoms with Crippen molar-refractivity contribution < 1.29 is 17.5 Å². The first-order chi connectivity index (χ1) is 13.5. The second-order valence-electron chi connectivity index (χ2n) is 5.89. The minimum atomic E-state index is -3.91. The fourth-order valence-electron chi connectivity index (χ4n) is 2.52. The van der Waals surface area contributed by atoms with E-state index in [1.807, 2.05) is 0 Å². The molecule has 0 unspecified atom stereocenters. The normalized spacial score (nSPS) is 11.6. The van der Waals surface area contributed by atoms with Gasteiger partial charge in [0.1, 0.15) is 29.1 Å². The van der Waals surface area contributed by atoms with Crippen LogP contribution in [0.3, 0.4) is 0 Å². The first-order valence-corrected chi connectivity index (χ1v) is 9.87. The Kier molecular flexibility index (Phi) is 5.87. The smallest absolute Gasteiger partial charge is 0.216 e. The Morgan fingerprint density at radius 3 is 2.43 bits per heavy atom. The van der Waals surface area contributed by atoms with E-state index in [0.717, 1.165) is 0 Å². The van der Waals surface area contributed by atoms with Crippen molar-refractivity contribution in [1.29, 1.82) is 5.26 Å². The maximum absolute atomic E-state index is 13.7. The Morgan fingerprint density at radius 1 is 1.00 bits per heavy atom. The van der Waals surface area contributed by atoms with Gasteiger partial charge in [-0.3, -0.25) is 0 Å². The van der Waals surface area contributed by atoms with Gasteiger partial charge in [0.2, 0.25) is 9.84 Å². The molecule has 140 valence electrons. The van der Waals surface area contributed by atoms with Crippen LogP contribution >= 0.6 is 0 Å². The Balaban J connectivity index is 1.85. The molecule has 0 amide bonds. The Labute approximate surface area is 163 Å². The van der Waals surface area contributed by atoms with Crippen LogP contribution < -0.4 is 4.74 Å². The van der Waals surface area contributed by atoms with Crippen molar-refractivity contribution in [2.45, 2.75) is 11.5 Å². The number of halogens is 1. The molecule has 4 nitrogen and oxygen atoms in total. The summed E-state index contributed by atoms with van der Waals surface area (Å²) >= 11 is 0. The van der Waals surface area contributed by atoms with Crippen molar-refractivity contribution in [1.82, 2.24) is 0 Å². The molecule has 0 saturated heterocycles. The lowest BCUT2D eigenvalue weighted by atomic mass is 10.2. The summed E-state index contributed by atoms with van der Waals surface area (Å²) in [6, 6.07) is 22.4. The molecule has 0 N–H and O–H groups in total. The Hall–Kier alpha value is -3.43. The molecule has 3 aromatic rings. The van der Waals surface area contributed by atoms with Gasteiger partial charge >= 0.3 is 0 Å². The van der Waals surface area contributed by atoms with Crippen LogP contribution in [0.15, 0.2) is 88.7 Å². The molecular formula is C22H16FNO3S. The molecule has 0 radical (unpaired) electrons. The van der Waals surface area contributed by atoms with Crippen molar-refractivity contribution in [3.8, 4) is 11.8 Å². The maximum Gasteiger partial charge on any atom is 0.216 e. The second-order valence-corrected chi connectivity index (χ2v) is 7.81. The fraction of sp³-hybridized carbons (Fsp3) is 0.0455. The summed E-state index contributed by atoms with van der Waals surface area (Å²) in [5, 5.41) is 9.37. The van der Waals surface area contributed by atoms with Crippen molar-refractivity contribution in [2.75, 3.05) is 0 Å². The van der Waals surface area contributed by atoms with Gasteiger partial charge in [-0.15, -0.1) is 0 Å². The average molecular weight is 393 g/mol. The van der Waals surface area contributed by atoms with E-state index in [0.29, 0.717) is 16.9 Å². The van der Waals surface area contributed by atoms with Crippen LogP contribution in [0.25, 0.3) is 6.08 Å². The summed E-state index contributed by atoms with van der Waals surface area (Å²) in [6.45, 7) is 0.0350. The minimum absolute atomic E-state index is 0.0350. The van der Waals surface area contributed by atoms with Gasteiger partial charge in [-0.05, 0) is 42.0 Å². The summed E-state index contributed by atoms with van der Waals surface area (Å²) in [4.78, 5) is -0.320. The quantitative estimate of drug-likeness (QED) is 0.567. The monoisotopic (exact) mass is 393 g/mol. The summed E-state index contributed by atoms with van der Waals surface area (Å²) in [6.07, 6.45) is 1.29. The molecule has 0 aliphatic rings. The summed E-state index contributed by atoms with van der Waals surface area (Å²) in [7, 11) is -3.91. The number of nitrogens with zero attached hydrogens (tertiary/aromatic N) is 1. The topological polar surface area (TPSA) is 67.2 Å². The highest BCUT2D eigenvalue weighted by Gasteiger charge is 2.20. The molecule has 0 aliphatic heterocycles. The molecule has 0 bridgehead atoms. The number of ether oxygens (including phenoxy) is 1. The van der Waals surface area contributed by atoms with Crippen LogP contribution in [0, 0.1) is 17.1 Å². The number of rotatable bonds is 6. The number of hydrogen-bond acceptors (Lipinski definition) is 4. The second kappa shape index (κ2) is 8.51. The third-order valence-corrected chi connectivity index (χ3v) is 5.64. The Morgan fingerprint density at radius 2 is 1.71 bits per heavy atom. The van der Waals surface area contributed by atoms with Crippen LogP contribution in [0.2, 0.25) is 0 Å². The molecular weight excluding hydrogens is 377 g/mol. The number of nitriles is 1. The first-order valence-electron chi connectivity index (χ1n) is 8.39. The van der Waals surface area contributed by atoms with E-state index in [1.165, 1.54) is 24.3 Å².